The third-order valence-corrected chi connectivity index (χ3v) is 3.15. The fraction of sp³-hybridized carbons (Fsp3) is 0.133. The molecule has 2 rings (SSSR count). The van der Waals surface area contributed by atoms with Gasteiger partial charge in [-0.05, 0) is 43.3 Å². The summed E-state index contributed by atoms with van der Waals surface area (Å²) in [5, 5.41) is 2.40. The molecule has 0 radical (unpaired) electrons. The van der Waals surface area contributed by atoms with E-state index in [2.05, 4.69) is 21.2 Å². The average molecular weight is 356 g/mol. The van der Waals surface area contributed by atoms with Gasteiger partial charge in [-0.3, -0.25) is 4.79 Å². The van der Waals surface area contributed by atoms with Gasteiger partial charge in [0.15, 0.2) is 6.10 Å². The Hall–Kier alpha value is -1.95. The van der Waals surface area contributed by atoms with Gasteiger partial charge in [0.05, 0.1) is 0 Å². The molecule has 0 saturated heterocycles. The minimum Gasteiger partial charge on any atom is -0.481 e. The molecule has 1 atom stereocenters. The number of halogens is 3. The molecule has 3 nitrogen and oxygen atoms in total. The first kappa shape index (κ1) is 15.4. The molecule has 21 heavy (non-hydrogen) atoms. The van der Waals surface area contributed by atoms with Crippen molar-refractivity contribution >= 4 is 27.5 Å². The summed E-state index contributed by atoms with van der Waals surface area (Å²) < 4.78 is 32.4. The number of carbonyl (C=O) groups excluding carboxylic acids is 1. The van der Waals surface area contributed by atoms with Crippen LogP contribution in [0.15, 0.2) is 46.9 Å². The van der Waals surface area contributed by atoms with Gasteiger partial charge in [0.25, 0.3) is 5.91 Å². The lowest BCUT2D eigenvalue weighted by Crippen LogP contribution is -2.30. The molecule has 2 aromatic carbocycles. The van der Waals surface area contributed by atoms with E-state index in [-0.39, 0.29) is 5.69 Å². The molecule has 110 valence electrons. The normalized spacial score (nSPS) is 11.8. The second-order valence-electron chi connectivity index (χ2n) is 4.36. The summed E-state index contributed by atoms with van der Waals surface area (Å²) in [7, 11) is 0. The van der Waals surface area contributed by atoms with E-state index in [4.69, 9.17) is 4.74 Å². The van der Waals surface area contributed by atoms with Crippen LogP contribution in [0.4, 0.5) is 14.5 Å². The van der Waals surface area contributed by atoms with E-state index < -0.39 is 23.6 Å². The number of amides is 1. The molecule has 0 aliphatic carbocycles. The molecular weight excluding hydrogens is 344 g/mol. The number of nitrogens with one attached hydrogen (secondary N) is 1. The zero-order valence-corrected chi connectivity index (χ0v) is 12.7. The van der Waals surface area contributed by atoms with Crippen molar-refractivity contribution in [3.8, 4) is 5.75 Å². The lowest BCUT2D eigenvalue weighted by molar-refractivity contribution is -0.122. The van der Waals surface area contributed by atoms with Gasteiger partial charge in [-0.15, -0.1) is 0 Å². The fourth-order valence-corrected chi connectivity index (χ4v) is 1.91. The van der Waals surface area contributed by atoms with Gasteiger partial charge >= 0.3 is 0 Å². The number of rotatable bonds is 4. The van der Waals surface area contributed by atoms with Crippen molar-refractivity contribution < 1.29 is 18.3 Å². The first-order valence-corrected chi connectivity index (χ1v) is 6.92. The van der Waals surface area contributed by atoms with Gasteiger partial charge in [0.1, 0.15) is 17.4 Å². The molecule has 0 saturated carbocycles. The van der Waals surface area contributed by atoms with Gasteiger partial charge in [-0.1, -0.05) is 15.9 Å². The maximum absolute atomic E-state index is 13.0. The molecule has 0 spiro atoms. The van der Waals surface area contributed by atoms with Crippen molar-refractivity contribution in [2.24, 2.45) is 0 Å². The Morgan fingerprint density at radius 1 is 1.14 bits per heavy atom. The summed E-state index contributed by atoms with van der Waals surface area (Å²) in [5.41, 5.74) is 0.0451. The third-order valence-electron chi connectivity index (χ3n) is 2.63. The predicted octanol–water partition coefficient (Wildman–Crippen LogP) is 4.13. The molecule has 0 aliphatic rings. The highest BCUT2D eigenvalue weighted by Gasteiger charge is 2.15. The first-order valence-electron chi connectivity index (χ1n) is 6.13. The summed E-state index contributed by atoms with van der Waals surface area (Å²) in [6.07, 6.45) is -0.808. The largest absolute Gasteiger partial charge is 0.481 e. The summed E-state index contributed by atoms with van der Waals surface area (Å²) in [6.45, 7) is 1.55. The van der Waals surface area contributed by atoms with Crippen molar-refractivity contribution in [3.05, 3.63) is 58.6 Å². The van der Waals surface area contributed by atoms with Crippen molar-refractivity contribution in [2.75, 3.05) is 5.32 Å². The Kier molecular flexibility index (Phi) is 4.90. The molecule has 2 aromatic rings. The van der Waals surface area contributed by atoms with Crippen LogP contribution in [-0.4, -0.2) is 12.0 Å². The lowest BCUT2D eigenvalue weighted by atomic mass is 10.2. The number of hydrogen-bond donors (Lipinski definition) is 1. The minimum atomic E-state index is -0.808. The van der Waals surface area contributed by atoms with E-state index in [1.54, 1.807) is 31.2 Å². The highest BCUT2D eigenvalue weighted by Crippen LogP contribution is 2.18. The molecule has 1 amide bonds. The quantitative estimate of drug-likeness (QED) is 0.895. The summed E-state index contributed by atoms with van der Waals surface area (Å²) in [6, 6.07) is 9.77. The van der Waals surface area contributed by atoms with Crippen molar-refractivity contribution in [1.29, 1.82) is 0 Å². The topological polar surface area (TPSA) is 38.3 Å². The van der Waals surface area contributed by atoms with E-state index in [0.29, 0.717) is 5.75 Å². The van der Waals surface area contributed by atoms with Crippen LogP contribution in [0.2, 0.25) is 0 Å². The van der Waals surface area contributed by atoms with Crippen LogP contribution in [0, 0.1) is 11.6 Å². The lowest BCUT2D eigenvalue weighted by Gasteiger charge is -2.15. The number of benzene rings is 2. The van der Waals surface area contributed by atoms with Gasteiger partial charge in [-0.25, -0.2) is 8.78 Å². The summed E-state index contributed by atoms with van der Waals surface area (Å²) in [4.78, 5) is 11.9. The molecular formula is C15H12BrF2NO2. The number of ether oxygens (including phenoxy) is 1. The van der Waals surface area contributed by atoms with E-state index in [9.17, 15) is 13.6 Å². The van der Waals surface area contributed by atoms with Crippen LogP contribution in [0.25, 0.3) is 0 Å². The zero-order chi connectivity index (χ0) is 15.4. The molecule has 6 heteroatoms. The van der Waals surface area contributed by atoms with Crippen LogP contribution >= 0.6 is 15.9 Å². The number of hydrogen-bond acceptors (Lipinski definition) is 2. The maximum Gasteiger partial charge on any atom is 0.265 e. The SMILES string of the molecule is CC(Oc1ccc(Br)cc1)C(=O)Nc1cc(F)cc(F)c1. The Morgan fingerprint density at radius 3 is 2.29 bits per heavy atom. The van der Waals surface area contributed by atoms with Gasteiger partial charge in [-0.2, -0.15) is 0 Å². The van der Waals surface area contributed by atoms with Crippen LogP contribution in [0.1, 0.15) is 6.92 Å². The first-order chi connectivity index (χ1) is 9.94. The van der Waals surface area contributed by atoms with E-state index >= 15 is 0 Å². The van der Waals surface area contributed by atoms with Crippen molar-refractivity contribution in [2.45, 2.75) is 13.0 Å². The fourth-order valence-electron chi connectivity index (χ4n) is 1.64. The smallest absolute Gasteiger partial charge is 0.265 e. The molecule has 0 fully saturated rings. The Labute approximate surface area is 129 Å². The van der Waals surface area contributed by atoms with Gasteiger partial charge < -0.3 is 10.1 Å². The summed E-state index contributed by atoms with van der Waals surface area (Å²) >= 11 is 3.29. The van der Waals surface area contributed by atoms with Crippen molar-refractivity contribution in [1.82, 2.24) is 0 Å². The molecule has 0 bridgehead atoms. The number of anilines is 1. The van der Waals surface area contributed by atoms with E-state index in [1.165, 1.54) is 0 Å². The maximum atomic E-state index is 13.0. The Bertz CT molecular complexity index is 626. The van der Waals surface area contributed by atoms with E-state index in [1.807, 2.05) is 0 Å². The second kappa shape index (κ2) is 6.67. The average Bonchev–Trinajstić information content (AvgIpc) is 2.40. The molecule has 0 heterocycles. The Balaban J connectivity index is 2.00. The molecule has 1 unspecified atom stereocenters. The van der Waals surface area contributed by atoms with E-state index in [0.717, 1.165) is 22.7 Å². The van der Waals surface area contributed by atoms with Crippen LogP contribution in [-0.2, 0) is 4.79 Å². The second-order valence-corrected chi connectivity index (χ2v) is 5.28. The molecule has 1 N–H and O–H groups in total. The van der Waals surface area contributed by atoms with Crippen molar-refractivity contribution in [3.63, 3.8) is 0 Å². The highest BCUT2D eigenvalue weighted by atomic mass is 79.9. The standard InChI is InChI=1S/C15H12BrF2NO2/c1-9(21-14-4-2-10(16)3-5-14)15(20)19-13-7-11(17)6-12(18)8-13/h2-9H,1H3,(H,19,20). The summed E-state index contributed by atoms with van der Waals surface area (Å²) in [5.74, 6) is -1.49. The third kappa shape index (κ3) is 4.53. The molecule has 0 aromatic heterocycles. The predicted molar refractivity (Wildman–Crippen MR) is 79.2 cm³/mol. The number of carbonyl (C=O) groups is 1. The zero-order valence-electron chi connectivity index (χ0n) is 11.1. The van der Waals surface area contributed by atoms with Crippen LogP contribution in [0.3, 0.4) is 0 Å². The highest BCUT2D eigenvalue weighted by molar-refractivity contribution is 9.10. The van der Waals surface area contributed by atoms with Crippen LogP contribution in [0.5, 0.6) is 5.75 Å². The molecule has 0 aliphatic heterocycles. The monoisotopic (exact) mass is 355 g/mol. The minimum absolute atomic E-state index is 0.0451. The van der Waals surface area contributed by atoms with Crippen LogP contribution < -0.4 is 10.1 Å². The van der Waals surface area contributed by atoms with Gasteiger partial charge in [0, 0.05) is 16.2 Å². The Morgan fingerprint density at radius 2 is 1.71 bits per heavy atom. The van der Waals surface area contributed by atoms with Gasteiger partial charge in [0.2, 0.25) is 0 Å².